The van der Waals surface area contributed by atoms with Gasteiger partial charge in [0.2, 0.25) is 5.91 Å². The maximum Gasteiger partial charge on any atom is 0.255 e. The molecule has 0 spiro atoms. The Morgan fingerprint density at radius 1 is 0.860 bits per heavy atom. The second kappa shape index (κ2) is 13.8. The van der Waals surface area contributed by atoms with Crippen molar-refractivity contribution in [1.29, 1.82) is 0 Å². The lowest BCUT2D eigenvalue weighted by Crippen LogP contribution is -2.12. The minimum Gasteiger partial charge on any atom is -0.323 e. The van der Waals surface area contributed by atoms with E-state index < -0.39 is 0 Å². The van der Waals surface area contributed by atoms with Gasteiger partial charge in [-0.25, -0.2) is 0 Å². The van der Waals surface area contributed by atoms with Crippen LogP contribution >= 0.6 is 11.8 Å². The molecule has 0 saturated heterocycles. The van der Waals surface area contributed by atoms with Crippen molar-refractivity contribution in [3.63, 3.8) is 0 Å². The number of carbonyl (C=O) groups excluding carboxylic acids is 2. The van der Waals surface area contributed by atoms with E-state index in [-0.39, 0.29) is 11.8 Å². The highest BCUT2D eigenvalue weighted by molar-refractivity contribution is 7.98. The highest BCUT2D eigenvalue weighted by atomic mass is 32.2. The Hall–Kier alpha value is -4.95. The van der Waals surface area contributed by atoms with Crippen molar-refractivity contribution in [2.24, 2.45) is 0 Å². The van der Waals surface area contributed by atoms with E-state index >= 15 is 0 Å². The molecule has 2 N–H and O–H groups in total. The molecule has 1 heterocycles. The summed E-state index contributed by atoms with van der Waals surface area (Å²) in [5.74, 6) is 1.14. The summed E-state index contributed by atoms with van der Waals surface area (Å²) in [4.78, 5) is 25.1. The summed E-state index contributed by atoms with van der Waals surface area (Å²) >= 11 is 1.60. The van der Waals surface area contributed by atoms with Crippen LogP contribution in [0, 0.1) is 13.8 Å². The average molecular weight is 588 g/mol. The summed E-state index contributed by atoms with van der Waals surface area (Å²) < 4.78 is 2.08. The number of aryl methyl sites for hydroxylation is 2. The van der Waals surface area contributed by atoms with Gasteiger partial charge in [0, 0.05) is 40.9 Å². The SMILES string of the molecule is CCn1c(SCc2ccc(C(=O)Nc3ccc(C)cc3C)cc2)nnc1-c1ccc(NC(=O)/C=C/c2ccccc2)cc1. The molecule has 0 aliphatic heterocycles. The number of nitrogens with zero attached hydrogens (tertiary/aromatic N) is 3. The zero-order valence-electron chi connectivity index (χ0n) is 24.4. The van der Waals surface area contributed by atoms with Gasteiger partial charge in [0.1, 0.15) is 0 Å². The van der Waals surface area contributed by atoms with Crippen LogP contribution in [0.4, 0.5) is 11.4 Å². The third-order valence-electron chi connectivity index (χ3n) is 6.88. The van der Waals surface area contributed by atoms with E-state index in [0.717, 1.165) is 44.5 Å². The van der Waals surface area contributed by atoms with Gasteiger partial charge in [-0.2, -0.15) is 0 Å². The third-order valence-corrected chi connectivity index (χ3v) is 7.92. The van der Waals surface area contributed by atoms with Crippen molar-refractivity contribution in [2.45, 2.75) is 38.2 Å². The fraction of sp³-hybridized carbons (Fsp3) is 0.143. The number of thioether (sulfide) groups is 1. The normalized spacial score (nSPS) is 11.0. The van der Waals surface area contributed by atoms with E-state index in [0.29, 0.717) is 23.5 Å². The molecule has 0 saturated carbocycles. The zero-order valence-corrected chi connectivity index (χ0v) is 25.2. The highest BCUT2D eigenvalue weighted by Crippen LogP contribution is 2.27. The fourth-order valence-corrected chi connectivity index (χ4v) is 5.52. The first-order valence-electron chi connectivity index (χ1n) is 14.1. The van der Waals surface area contributed by atoms with Crippen LogP contribution < -0.4 is 10.6 Å². The molecule has 0 bridgehead atoms. The molecule has 43 heavy (non-hydrogen) atoms. The Morgan fingerprint density at radius 2 is 1.60 bits per heavy atom. The number of hydrogen-bond acceptors (Lipinski definition) is 5. The van der Waals surface area contributed by atoms with E-state index in [1.165, 1.54) is 6.08 Å². The van der Waals surface area contributed by atoms with Crippen LogP contribution in [0.3, 0.4) is 0 Å². The van der Waals surface area contributed by atoms with Crippen molar-refractivity contribution in [2.75, 3.05) is 10.6 Å². The van der Waals surface area contributed by atoms with Crippen LogP contribution in [0.2, 0.25) is 0 Å². The maximum atomic E-state index is 12.8. The average Bonchev–Trinajstić information content (AvgIpc) is 3.44. The van der Waals surface area contributed by atoms with Crippen LogP contribution in [0.25, 0.3) is 17.5 Å². The summed E-state index contributed by atoms with van der Waals surface area (Å²) in [6.45, 7) is 6.80. The van der Waals surface area contributed by atoms with Crippen molar-refractivity contribution in [3.8, 4) is 11.4 Å². The van der Waals surface area contributed by atoms with E-state index in [9.17, 15) is 9.59 Å². The Kier molecular flexibility index (Phi) is 9.49. The van der Waals surface area contributed by atoms with E-state index in [2.05, 4.69) is 38.4 Å². The number of rotatable bonds is 10. The van der Waals surface area contributed by atoms with Crippen molar-refractivity contribution in [1.82, 2.24) is 14.8 Å². The molecule has 0 radical (unpaired) electrons. The van der Waals surface area contributed by atoms with Gasteiger partial charge in [-0.15, -0.1) is 10.2 Å². The largest absolute Gasteiger partial charge is 0.323 e. The molecule has 7 nitrogen and oxygen atoms in total. The molecule has 0 fully saturated rings. The molecular weight excluding hydrogens is 554 g/mol. The summed E-state index contributed by atoms with van der Waals surface area (Å²) in [7, 11) is 0. The smallest absolute Gasteiger partial charge is 0.255 e. The zero-order chi connectivity index (χ0) is 30.2. The second-order valence-electron chi connectivity index (χ2n) is 10.1. The summed E-state index contributed by atoms with van der Waals surface area (Å²) in [6, 6.07) is 30.9. The molecule has 8 heteroatoms. The van der Waals surface area contributed by atoms with Gasteiger partial charge in [0.15, 0.2) is 11.0 Å². The Morgan fingerprint density at radius 3 is 2.30 bits per heavy atom. The van der Waals surface area contributed by atoms with Crippen molar-refractivity contribution in [3.05, 3.63) is 131 Å². The lowest BCUT2D eigenvalue weighted by molar-refractivity contribution is -0.111. The lowest BCUT2D eigenvalue weighted by atomic mass is 10.1. The quantitative estimate of drug-likeness (QED) is 0.129. The van der Waals surface area contributed by atoms with Gasteiger partial charge >= 0.3 is 0 Å². The van der Waals surface area contributed by atoms with Gasteiger partial charge in [-0.1, -0.05) is 71.9 Å². The van der Waals surface area contributed by atoms with Crippen LogP contribution in [-0.4, -0.2) is 26.6 Å². The molecule has 5 rings (SSSR count). The topological polar surface area (TPSA) is 88.9 Å². The van der Waals surface area contributed by atoms with E-state index in [4.69, 9.17) is 0 Å². The van der Waals surface area contributed by atoms with Gasteiger partial charge in [0.05, 0.1) is 0 Å². The molecule has 2 amide bonds. The lowest BCUT2D eigenvalue weighted by Gasteiger charge is -2.10. The Bertz CT molecular complexity index is 1740. The molecule has 0 atom stereocenters. The fourth-order valence-electron chi connectivity index (χ4n) is 4.57. The summed E-state index contributed by atoms with van der Waals surface area (Å²) in [5.41, 5.74) is 7.30. The molecule has 0 unspecified atom stereocenters. The van der Waals surface area contributed by atoms with Crippen LogP contribution in [0.1, 0.15) is 39.5 Å². The number of aromatic nitrogens is 3. The Labute approximate surface area is 256 Å². The summed E-state index contributed by atoms with van der Waals surface area (Å²) in [5, 5.41) is 15.6. The molecule has 0 aliphatic rings. The first-order valence-corrected chi connectivity index (χ1v) is 15.1. The van der Waals surface area contributed by atoms with Crippen LogP contribution in [-0.2, 0) is 17.1 Å². The number of anilines is 2. The van der Waals surface area contributed by atoms with Gasteiger partial charge in [0.25, 0.3) is 5.91 Å². The predicted octanol–water partition coefficient (Wildman–Crippen LogP) is 7.78. The van der Waals surface area contributed by atoms with Gasteiger partial charge < -0.3 is 15.2 Å². The molecule has 0 aliphatic carbocycles. The maximum absolute atomic E-state index is 12.8. The van der Waals surface area contributed by atoms with Gasteiger partial charge in [-0.05, 0) is 86.0 Å². The standard InChI is InChI=1S/C35H33N5O2S/c1-4-40-33(28-16-18-30(19-17-28)36-32(41)21-13-26-8-6-5-7-9-26)38-39-35(40)43-23-27-11-14-29(15-12-27)34(42)37-31-20-10-24(2)22-25(31)3/h5-22H,4,23H2,1-3H3,(H,36,41)(H,37,42)/b21-13+. The van der Waals surface area contributed by atoms with E-state index in [1.54, 1.807) is 17.8 Å². The third kappa shape index (κ3) is 7.67. The minimum absolute atomic E-state index is 0.129. The molecule has 1 aromatic heterocycles. The van der Waals surface area contributed by atoms with Crippen LogP contribution in [0.15, 0.2) is 108 Å². The van der Waals surface area contributed by atoms with Crippen molar-refractivity contribution >= 4 is 41.0 Å². The second-order valence-corrected chi connectivity index (χ2v) is 11.1. The number of hydrogen-bond donors (Lipinski definition) is 2. The van der Waals surface area contributed by atoms with Crippen molar-refractivity contribution < 1.29 is 9.59 Å². The number of carbonyl (C=O) groups is 2. The predicted molar refractivity (Wildman–Crippen MR) is 175 cm³/mol. The monoisotopic (exact) mass is 587 g/mol. The van der Waals surface area contributed by atoms with Crippen LogP contribution in [0.5, 0.6) is 0 Å². The number of amides is 2. The molecule has 216 valence electrons. The number of nitrogens with one attached hydrogen (secondary N) is 2. The van der Waals surface area contributed by atoms with E-state index in [1.807, 2.05) is 105 Å². The summed E-state index contributed by atoms with van der Waals surface area (Å²) in [6.07, 6.45) is 3.31. The highest BCUT2D eigenvalue weighted by Gasteiger charge is 2.14. The molecule has 5 aromatic rings. The van der Waals surface area contributed by atoms with Gasteiger partial charge in [-0.3, -0.25) is 9.59 Å². The molecular formula is C35H33N5O2S. The first kappa shape index (κ1) is 29.5. The first-order chi connectivity index (χ1) is 20.9. The minimum atomic E-state index is -0.193. The Balaban J connectivity index is 1.18. The molecule has 4 aromatic carbocycles. The number of benzene rings is 4.